The summed E-state index contributed by atoms with van der Waals surface area (Å²) in [4.78, 5) is 1.64. The highest BCUT2D eigenvalue weighted by Gasteiger charge is 2.09. The van der Waals surface area contributed by atoms with Gasteiger partial charge in [-0.1, -0.05) is 44.0 Å². The molecule has 1 N–H and O–H groups in total. The summed E-state index contributed by atoms with van der Waals surface area (Å²) in [7, 11) is 0.794. The normalized spacial score (nSPS) is 12.3. The van der Waals surface area contributed by atoms with Crippen LogP contribution in [0.1, 0.15) is 12.0 Å². The van der Waals surface area contributed by atoms with Gasteiger partial charge in [-0.05, 0) is 62.3 Å². The van der Waals surface area contributed by atoms with Crippen molar-refractivity contribution in [3.05, 3.63) is 57.0 Å². The summed E-state index contributed by atoms with van der Waals surface area (Å²) in [6.45, 7) is 0.992. The molecule has 2 nitrogen and oxygen atoms in total. The van der Waals surface area contributed by atoms with Crippen molar-refractivity contribution in [3.8, 4) is 0 Å². The summed E-state index contributed by atoms with van der Waals surface area (Å²) in [5, 5.41) is 3.14. The van der Waals surface area contributed by atoms with E-state index in [0.29, 0.717) is 0 Å². The van der Waals surface area contributed by atoms with E-state index in [-0.39, 0.29) is 0 Å². The molecule has 1 unspecified atom stereocenters. The number of hydrogen-bond donors (Lipinski definition) is 1. The number of nitrogens with one attached hydrogen (secondary N) is 1. The minimum absolute atomic E-state index is 0.795. The summed E-state index contributed by atoms with van der Waals surface area (Å²) in [5.41, 5.74) is 1.23. The summed E-state index contributed by atoms with van der Waals surface area (Å²) in [5.74, 6) is 0. The van der Waals surface area contributed by atoms with Gasteiger partial charge in [-0.15, -0.1) is 0 Å². The first-order valence-electron chi connectivity index (χ1n) is 6.71. The molecular weight excluding hydrogens is 414 g/mol. The molecule has 0 bridgehead atoms. The molecule has 0 aromatic heterocycles. The molecular formula is C16H17Br2NOS. The Morgan fingerprint density at radius 1 is 1.05 bits per heavy atom. The number of rotatable bonds is 6. The molecule has 0 fully saturated rings. The Balaban J connectivity index is 2.20. The van der Waals surface area contributed by atoms with Crippen LogP contribution in [0.5, 0.6) is 0 Å². The lowest BCUT2D eigenvalue weighted by Gasteiger charge is -2.07. The largest absolute Gasteiger partial charge is 0.320 e. The van der Waals surface area contributed by atoms with Crippen molar-refractivity contribution in [1.29, 1.82) is 0 Å². The van der Waals surface area contributed by atoms with Crippen LogP contribution in [0.2, 0.25) is 0 Å². The minimum Gasteiger partial charge on any atom is -0.320 e. The molecule has 0 spiro atoms. The lowest BCUT2D eigenvalue weighted by molar-refractivity contribution is 0.682. The highest BCUT2D eigenvalue weighted by molar-refractivity contribution is 9.11. The fourth-order valence-corrected chi connectivity index (χ4v) is 4.85. The van der Waals surface area contributed by atoms with Gasteiger partial charge >= 0.3 is 0 Å². The third-order valence-corrected chi connectivity index (χ3v) is 5.32. The van der Waals surface area contributed by atoms with Gasteiger partial charge in [-0.3, -0.25) is 0 Å². The second-order valence-corrected chi connectivity index (χ2v) is 8.04. The molecule has 0 saturated heterocycles. The molecule has 1 atom stereocenters. The average molecular weight is 431 g/mol. The van der Waals surface area contributed by atoms with Crippen LogP contribution in [0.4, 0.5) is 0 Å². The Labute approximate surface area is 145 Å². The molecule has 0 aliphatic carbocycles. The molecule has 112 valence electrons. The average Bonchev–Trinajstić information content (AvgIpc) is 2.46. The summed E-state index contributed by atoms with van der Waals surface area (Å²) in [6.07, 6.45) is 2.07. The van der Waals surface area contributed by atoms with Crippen molar-refractivity contribution in [3.63, 3.8) is 0 Å². The van der Waals surface area contributed by atoms with E-state index < -0.39 is 10.8 Å². The molecule has 0 saturated carbocycles. The Hall–Kier alpha value is -0.490. The van der Waals surface area contributed by atoms with Crippen LogP contribution in [0, 0.1) is 0 Å². The maximum atomic E-state index is 12.7. The van der Waals surface area contributed by atoms with E-state index in [2.05, 4.69) is 43.2 Å². The Morgan fingerprint density at radius 2 is 1.76 bits per heavy atom. The van der Waals surface area contributed by atoms with Gasteiger partial charge in [0.1, 0.15) is 0 Å². The van der Waals surface area contributed by atoms with Crippen molar-refractivity contribution >= 4 is 42.7 Å². The lowest BCUT2D eigenvalue weighted by Crippen LogP contribution is -2.08. The maximum Gasteiger partial charge on any atom is 0.0850 e. The minimum atomic E-state index is -1.16. The SMILES string of the molecule is CNCCCc1cccc(S(=O)c2cc(Br)cc(Br)c2)c1. The standard InChI is InChI=1S/C16H17Br2NOS/c1-19-7-3-5-12-4-2-6-15(8-12)21(20)16-10-13(17)9-14(18)11-16/h2,4,6,8-11,19H,3,5,7H2,1H3. The quantitative estimate of drug-likeness (QED) is 0.682. The molecule has 2 aromatic carbocycles. The Bertz CT molecular complexity index is 626. The highest BCUT2D eigenvalue weighted by atomic mass is 79.9. The van der Waals surface area contributed by atoms with Gasteiger partial charge < -0.3 is 5.32 Å². The van der Waals surface area contributed by atoms with Crippen molar-refractivity contribution in [2.45, 2.75) is 22.6 Å². The molecule has 2 rings (SSSR count). The van der Waals surface area contributed by atoms with Crippen LogP contribution in [0.15, 0.2) is 61.2 Å². The molecule has 0 amide bonds. The zero-order chi connectivity index (χ0) is 15.2. The number of aryl methyl sites for hydroxylation is 1. The van der Waals surface area contributed by atoms with Crippen LogP contribution in [0.25, 0.3) is 0 Å². The van der Waals surface area contributed by atoms with Gasteiger partial charge in [0.05, 0.1) is 10.8 Å². The number of hydrogen-bond acceptors (Lipinski definition) is 2. The van der Waals surface area contributed by atoms with Gasteiger partial charge in [-0.2, -0.15) is 0 Å². The van der Waals surface area contributed by atoms with Crippen molar-refractivity contribution in [2.24, 2.45) is 0 Å². The first kappa shape index (κ1) is 16.9. The molecule has 5 heteroatoms. The van der Waals surface area contributed by atoms with E-state index in [1.807, 2.05) is 43.4 Å². The first-order valence-corrected chi connectivity index (χ1v) is 9.45. The molecule has 2 aromatic rings. The summed E-state index contributed by atoms with van der Waals surface area (Å²) in [6, 6.07) is 13.8. The highest BCUT2D eigenvalue weighted by Crippen LogP contribution is 2.25. The van der Waals surface area contributed by atoms with Gasteiger partial charge in [0.25, 0.3) is 0 Å². The van der Waals surface area contributed by atoms with Gasteiger partial charge in [0.2, 0.25) is 0 Å². The smallest absolute Gasteiger partial charge is 0.0850 e. The monoisotopic (exact) mass is 429 g/mol. The third-order valence-electron chi connectivity index (χ3n) is 3.05. The van der Waals surface area contributed by atoms with E-state index in [1.165, 1.54) is 5.56 Å². The molecule has 0 heterocycles. The van der Waals surface area contributed by atoms with Gasteiger partial charge in [-0.25, -0.2) is 4.21 Å². The van der Waals surface area contributed by atoms with Crippen LogP contribution in [0.3, 0.4) is 0 Å². The molecule has 0 aliphatic rings. The fraction of sp³-hybridized carbons (Fsp3) is 0.250. The second kappa shape index (κ2) is 8.22. The predicted molar refractivity (Wildman–Crippen MR) is 95.2 cm³/mol. The number of benzene rings is 2. The van der Waals surface area contributed by atoms with Crippen LogP contribution >= 0.6 is 31.9 Å². The zero-order valence-corrected chi connectivity index (χ0v) is 15.7. The van der Waals surface area contributed by atoms with Crippen LogP contribution < -0.4 is 5.32 Å². The van der Waals surface area contributed by atoms with Gasteiger partial charge in [0.15, 0.2) is 0 Å². The van der Waals surface area contributed by atoms with Crippen LogP contribution in [-0.4, -0.2) is 17.8 Å². The van der Waals surface area contributed by atoms with Crippen LogP contribution in [-0.2, 0) is 17.2 Å². The zero-order valence-electron chi connectivity index (χ0n) is 11.7. The van der Waals surface area contributed by atoms with E-state index in [9.17, 15) is 4.21 Å². The van der Waals surface area contributed by atoms with Crippen molar-refractivity contribution in [1.82, 2.24) is 5.32 Å². The second-order valence-electron chi connectivity index (χ2n) is 4.73. The summed E-state index contributed by atoms with van der Waals surface area (Å²) >= 11 is 6.88. The van der Waals surface area contributed by atoms with E-state index in [4.69, 9.17) is 0 Å². The molecule has 0 radical (unpaired) electrons. The van der Waals surface area contributed by atoms with Crippen molar-refractivity contribution in [2.75, 3.05) is 13.6 Å². The predicted octanol–water partition coefficient (Wildman–Crippen LogP) is 4.53. The Kier molecular flexibility index (Phi) is 6.61. The summed E-state index contributed by atoms with van der Waals surface area (Å²) < 4.78 is 14.5. The Morgan fingerprint density at radius 3 is 2.43 bits per heavy atom. The van der Waals surface area contributed by atoms with E-state index in [0.717, 1.165) is 38.1 Å². The van der Waals surface area contributed by atoms with Crippen molar-refractivity contribution < 1.29 is 4.21 Å². The third kappa shape index (κ3) is 5.02. The fourth-order valence-electron chi connectivity index (χ4n) is 2.06. The lowest BCUT2D eigenvalue weighted by atomic mass is 10.1. The van der Waals surface area contributed by atoms with E-state index in [1.54, 1.807) is 0 Å². The molecule has 0 aliphatic heterocycles. The molecule has 21 heavy (non-hydrogen) atoms. The number of halogens is 2. The van der Waals surface area contributed by atoms with Gasteiger partial charge in [0, 0.05) is 18.7 Å². The topological polar surface area (TPSA) is 29.1 Å². The first-order chi connectivity index (χ1) is 10.1. The van der Waals surface area contributed by atoms with E-state index >= 15 is 0 Å². The maximum absolute atomic E-state index is 12.7.